The third-order valence-electron chi connectivity index (χ3n) is 3.29. The van der Waals surface area contributed by atoms with Crippen LogP contribution < -0.4 is 5.32 Å². The van der Waals surface area contributed by atoms with Crippen molar-refractivity contribution < 1.29 is 18.3 Å². The van der Waals surface area contributed by atoms with Gasteiger partial charge in [0.2, 0.25) is 5.91 Å². The molecule has 5 nitrogen and oxygen atoms in total. The van der Waals surface area contributed by atoms with Gasteiger partial charge in [-0.3, -0.25) is 4.79 Å². The maximum Gasteiger partial charge on any atom is 0.224 e. The number of hydrogen-bond acceptors (Lipinski definition) is 4. The van der Waals surface area contributed by atoms with Gasteiger partial charge >= 0.3 is 0 Å². The van der Waals surface area contributed by atoms with Gasteiger partial charge in [0.25, 0.3) is 0 Å². The largest absolute Gasteiger partial charge is 0.508 e. The summed E-state index contributed by atoms with van der Waals surface area (Å²) in [5.41, 5.74) is 1.26. The molecule has 0 radical (unpaired) electrons. The quantitative estimate of drug-likeness (QED) is 0.879. The molecule has 1 saturated heterocycles. The first-order valence-corrected chi connectivity index (χ1v) is 7.98. The third kappa shape index (κ3) is 3.70. The lowest BCUT2D eigenvalue weighted by Crippen LogP contribution is -2.17. The zero-order valence-electron chi connectivity index (χ0n) is 10.7. The Morgan fingerprint density at radius 1 is 1.47 bits per heavy atom. The summed E-state index contributed by atoms with van der Waals surface area (Å²) in [6, 6.07) is 4.90. The molecule has 0 aliphatic carbocycles. The molecule has 1 aromatic rings. The van der Waals surface area contributed by atoms with Gasteiger partial charge in [0.05, 0.1) is 11.5 Å². The summed E-state index contributed by atoms with van der Waals surface area (Å²) in [4.78, 5) is 11.8. The van der Waals surface area contributed by atoms with Crippen LogP contribution in [0, 0.1) is 12.8 Å². The molecule has 1 aliphatic rings. The van der Waals surface area contributed by atoms with E-state index < -0.39 is 9.84 Å². The van der Waals surface area contributed by atoms with Gasteiger partial charge in [-0.15, -0.1) is 0 Å². The second-order valence-corrected chi connectivity index (χ2v) is 7.25. The summed E-state index contributed by atoms with van der Waals surface area (Å²) in [7, 11) is -2.95. The highest BCUT2D eigenvalue weighted by atomic mass is 32.2. The molecular weight excluding hydrogens is 266 g/mol. The minimum absolute atomic E-state index is 0.0935. The van der Waals surface area contributed by atoms with Gasteiger partial charge < -0.3 is 10.4 Å². The molecule has 0 bridgehead atoms. The van der Waals surface area contributed by atoms with Crippen molar-refractivity contribution in [2.45, 2.75) is 19.8 Å². The number of sulfone groups is 1. The topological polar surface area (TPSA) is 83.5 Å². The minimum atomic E-state index is -2.95. The molecule has 1 heterocycles. The van der Waals surface area contributed by atoms with Crippen LogP contribution in [0.4, 0.5) is 5.69 Å². The monoisotopic (exact) mass is 283 g/mol. The molecule has 1 unspecified atom stereocenters. The van der Waals surface area contributed by atoms with Gasteiger partial charge in [-0.05, 0) is 30.9 Å². The number of aromatic hydroxyl groups is 1. The average molecular weight is 283 g/mol. The zero-order chi connectivity index (χ0) is 14.0. The van der Waals surface area contributed by atoms with E-state index in [1.54, 1.807) is 19.1 Å². The van der Waals surface area contributed by atoms with Crippen LogP contribution in [0.3, 0.4) is 0 Å². The minimum Gasteiger partial charge on any atom is -0.508 e. The summed E-state index contributed by atoms with van der Waals surface area (Å²) in [6.45, 7) is 1.77. The number of benzene rings is 1. The van der Waals surface area contributed by atoms with E-state index in [1.807, 2.05) is 0 Å². The summed E-state index contributed by atoms with van der Waals surface area (Å²) < 4.78 is 22.6. The highest BCUT2D eigenvalue weighted by Gasteiger charge is 2.29. The van der Waals surface area contributed by atoms with Crippen molar-refractivity contribution >= 4 is 21.4 Å². The molecule has 0 spiro atoms. The molecule has 2 N–H and O–H groups in total. The Balaban J connectivity index is 1.93. The first-order valence-electron chi connectivity index (χ1n) is 6.15. The summed E-state index contributed by atoms with van der Waals surface area (Å²) >= 11 is 0. The van der Waals surface area contributed by atoms with E-state index in [1.165, 1.54) is 6.07 Å². The molecule has 1 aromatic carbocycles. The molecule has 2 rings (SSSR count). The van der Waals surface area contributed by atoms with Crippen LogP contribution in [0.1, 0.15) is 18.4 Å². The highest BCUT2D eigenvalue weighted by molar-refractivity contribution is 7.91. The van der Waals surface area contributed by atoms with Gasteiger partial charge in [-0.1, -0.05) is 6.07 Å². The number of carbonyl (C=O) groups excluding carboxylic acids is 1. The maximum atomic E-state index is 11.8. The van der Waals surface area contributed by atoms with Crippen LogP contribution in [-0.4, -0.2) is 30.9 Å². The van der Waals surface area contributed by atoms with Crippen LogP contribution >= 0.6 is 0 Å². The number of nitrogens with one attached hydrogen (secondary N) is 1. The van der Waals surface area contributed by atoms with Gasteiger partial charge in [0.15, 0.2) is 9.84 Å². The zero-order valence-corrected chi connectivity index (χ0v) is 11.5. The van der Waals surface area contributed by atoms with Crippen molar-refractivity contribution in [1.82, 2.24) is 0 Å². The lowest BCUT2D eigenvalue weighted by atomic mass is 10.0. The summed E-state index contributed by atoms with van der Waals surface area (Å²) in [6.07, 6.45) is 0.753. The fourth-order valence-electron chi connectivity index (χ4n) is 2.19. The first-order chi connectivity index (χ1) is 8.85. The molecule has 19 heavy (non-hydrogen) atoms. The first kappa shape index (κ1) is 13.9. The van der Waals surface area contributed by atoms with E-state index >= 15 is 0 Å². The predicted molar refractivity (Wildman–Crippen MR) is 72.9 cm³/mol. The number of rotatable bonds is 3. The van der Waals surface area contributed by atoms with Gasteiger partial charge in [-0.25, -0.2) is 8.42 Å². The molecule has 6 heteroatoms. The second-order valence-electron chi connectivity index (χ2n) is 5.02. The number of anilines is 1. The van der Waals surface area contributed by atoms with Gasteiger partial charge in [0, 0.05) is 18.2 Å². The van der Waals surface area contributed by atoms with E-state index in [2.05, 4.69) is 5.32 Å². The Morgan fingerprint density at radius 2 is 2.21 bits per heavy atom. The van der Waals surface area contributed by atoms with E-state index in [4.69, 9.17) is 0 Å². The number of hydrogen-bond donors (Lipinski definition) is 2. The fourth-order valence-corrected chi connectivity index (χ4v) is 4.06. The number of aryl methyl sites for hydroxylation is 1. The Labute approximate surface area is 112 Å². The molecule has 1 atom stereocenters. The van der Waals surface area contributed by atoms with Crippen molar-refractivity contribution in [3.63, 3.8) is 0 Å². The predicted octanol–water partition coefficient (Wildman–Crippen LogP) is 1.46. The van der Waals surface area contributed by atoms with Crippen LogP contribution in [0.2, 0.25) is 0 Å². The third-order valence-corrected chi connectivity index (χ3v) is 5.13. The van der Waals surface area contributed by atoms with E-state index in [0.717, 1.165) is 5.56 Å². The number of carbonyl (C=O) groups is 1. The smallest absolute Gasteiger partial charge is 0.224 e. The van der Waals surface area contributed by atoms with E-state index in [0.29, 0.717) is 12.1 Å². The Kier molecular flexibility index (Phi) is 3.80. The normalized spacial score (nSPS) is 21.2. The second kappa shape index (κ2) is 5.21. The summed E-state index contributed by atoms with van der Waals surface area (Å²) in [5.74, 6) is 0.0891. The van der Waals surface area contributed by atoms with Crippen molar-refractivity contribution in [2.24, 2.45) is 5.92 Å². The van der Waals surface area contributed by atoms with Crippen LogP contribution in [-0.2, 0) is 14.6 Å². The number of phenolic OH excluding ortho intramolecular Hbond substituents is 1. The van der Waals surface area contributed by atoms with Crippen molar-refractivity contribution in [1.29, 1.82) is 0 Å². The molecule has 0 aromatic heterocycles. The van der Waals surface area contributed by atoms with Gasteiger partial charge in [0.1, 0.15) is 5.75 Å². The van der Waals surface area contributed by atoms with E-state index in [-0.39, 0.29) is 35.5 Å². The molecule has 1 amide bonds. The Bertz CT molecular complexity index is 595. The van der Waals surface area contributed by atoms with Crippen LogP contribution in [0.25, 0.3) is 0 Å². The lowest BCUT2D eigenvalue weighted by Gasteiger charge is -2.09. The number of phenols is 1. The lowest BCUT2D eigenvalue weighted by molar-refractivity contribution is -0.116. The summed E-state index contributed by atoms with van der Waals surface area (Å²) in [5, 5.41) is 12.2. The Hall–Kier alpha value is -1.56. The molecular formula is C13H17NO4S. The van der Waals surface area contributed by atoms with Crippen molar-refractivity contribution in [2.75, 3.05) is 16.8 Å². The van der Waals surface area contributed by atoms with Crippen molar-refractivity contribution in [3.05, 3.63) is 23.8 Å². The Morgan fingerprint density at radius 3 is 2.79 bits per heavy atom. The van der Waals surface area contributed by atoms with Crippen molar-refractivity contribution in [3.8, 4) is 5.75 Å². The standard InChI is InChI=1S/C13H17NO4S/c1-9-2-3-11(7-12(9)15)14-13(16)6-10-4-5-19(17,18)8-10/h2-3,7,10,15H,4-6,8H2,1H3,(H,14,16). The van der Waals surface area contributed by atoms with E-state index in [9.17, 15) is 18.3 Å². The van der Waals surface area contributed by atoms with Gasteiger partial charge in [-0.2, -0.15) is 0 Å². The SMILES string of the molecule is Cc1ccc(NC(=O)CC2CCS(=O)(=O)C2)cc1O. The fraction of sp³-hybridized carbons (Fsp3) is 0.462. The van der Waals surface area contributed by atoms with Crippen LogP contribution in [0.5, 0.6) is 5.75 Å². The average Bonchev–Trinajstić information content (AvgIpc) is 2.63. The van der Waals surface area contributed by atoms with Crippen LogP contribution in [0.15, 0.2) is 18.2 Å². The maximum absolute atomic E-state index is 11.8. The molecule has 0 saturated carbocycles. The molecule has 1 aliphatic heterocycles. The number of amides is 1. The molecule has 1 fully saturated rings. The highest BCUT2D eigenvalue weighted by Crippen LogP contribution is 2.24. The molecule has 104 valence electrons.